The highest BCUT2D eigenvalue weighted by molar-refractivity contribution is 8.01. The maximum absolute atomic E-state index is 13.4. The van der Waals surface area contributed by atoms with Gasteiger partial charge in [0.05, 0.1) is 42.5 Å². The first-order valence-electron chi connectivity index (χ1n) is 13.4. The smallest absolute Gasteiger partial charge is 0.274 e. The molecule has 0 fully saturated rings. The van der Waals surface area contributed by atoms with Crippen molar-refractivity contribution in [2.75, 3.05) is 30.2 Å². The molecule has 0 saturated heterocycles. The van der Waals surface area contributed by atoms with E-state index < -0.39 is 10.8 Å². The topological polar surface area (TPSA) is 187 Å². The summed E-state index contributed by atoms with van der Waals surface area (Å²) in [5.74, 6) is -0.0591. The number of nitro benzene ring substituents is 1. The molecule has 1 unspecified atom stereocenters. The second-order valence-electron chi connectivity index (χ2n) is 9.88. The van der Waals surface area contributed by atoms with E-state index >= 15 is 0 Å². The molecule has 1 aliphatic heterocycles. The number of thioether (sulfide) groups is 1. The zero-order chi connectivity index (χ0) is 31.5. The fraction of sp³-hybridized carbons (Fsp3) is 0.276. The largest absolute Gasteiger partial charge is 0.493 e. The Hall–Kier alpha value is -4.94. The van der Waals surface area contributed by atoms with Crippen molar-refractivity contribution in [3.8, 4) is 17.6 Å². The van der Waals surface area contributed by atoms with Crippen LogP contribution in [0.2, 0.25) is 0 Å². The average molecular weight is 634 g/mol. The molecule has 15 heteroatoms. The highest BCUT2D eigenvalue weighted by Gasteiger charge is 2.41. The van der Waals surface area contributed by atoms with E-state index in [9.17, 15) is 25.0 Å². The van der Waals surface area contributed by atoms with E-state index in [0.717, 1.165) is 11.8 Å². The predicted molar refractivity (Wildman–Crippen MR) is 165 cm³/mol. The second-order valence-corrected chi connectivity index (χ2v) is 12.1. The monoisotopic (exact) mass is 633 g/mol. The standard InChI is InChI=1S/C29H27N7O6S2/c1-15-7-9-17(12-20(15)36(39)40)32-24(38)14-43-29-34-33-28(44-29)35-19-5-4-6-21(37)26(19)25(18(13-30)27(35)31)16-8-10-22(41-2)23(11-16)42-3/h7-12,25H,4-6,14,31H2,1-3H3,(H,32,38). The molecule has 2 heterocycles. The van der Waals surface area contributed by atoms with Gasteiger partial charge >= 0.3 is 0 Å². The molecule has 3 N–H and O–H groups in total. The number of hydrogen-bond donors (Lipinski definition) is 2. The van der Waals surface area contributed by atoms with Crippen molar-refractivity contribution in [3.63, 3.8) is 0 Å². The number of rotatable bonds is 9. The lowest BCUT2D eigenvalue weighted by Crippen LogP contribution is -2.38. The van der Waals surface area contributed by atoms with E-state index in [0.29, 0.717) is 68.3 Å². The zero-order valence-corrected chi connectivity index (χ0v) is 25.6. The molecule has 0 spiro atoms. The van der Waals surface area contributed by atoms with E-state index in [4.69, 9.17) is 15.2 Å². The van der Waals surface area contributed by atoms with E-state index in [-0.39, 0.29) is 34.5 Å². The fourth-order valence-corrected chi connectivity index (χ4v) is 6.91. The van der Waals surface area contributed by atoms with Crippen LogP contribution in [0.1, 0.15) is 36.3 Å². The molecule has 2 aliphatic rings. The SMILES string of the molecule is COc1ccc(C2C(C#N)=C(N)N(c3nnc(SCC(=O)Nc4ccc(C)c([N+](=O)[O-])c4)s3)C3=C2C(=O)CCC3)cc1OC. The minimum absolute atomic E-state index is 0.0289. The Bertz CT molecular complexity index is 1780. The molecule has 1 aliphatic carbocycles. The summed E-state index contributed by atoms with van der Waals surface area (Å²) in [7, 11) is 3.04. The summed E-state index contributed by atoms with van der Waals surface area (Å²) in [6.45, 7) is 1.62. The molecule has 5 rings (SSSR count). The Labute approximate surface area is 260 Å². The van der Waals surface area contributed by atoms with Crippen molar-refractivity contribution < 1.29 is 24.0 Å². The van der Waals surface area contributed by atoms with Gasteiger partial charge in [0.1, 0.15) is 5.82 Å². The summed E-state index contributed by atoms with van der Waals surface area (Å²) in [4.78, 5) is 38.3. The van der Waals surface area contributed by atoms with Gasteiger partial charge in [-0.2, -0.15) is 5.26 Å². The number of aryl methyl sites for hydroxylation is 1. The van der Waals surface area contributed by atoms with Crippen LogP contribution in [0.4, 0.5) is 16.5 Å². The van der Waals surface area contributed by atoms with Gasteiger partial charge < -0.3 is 20.5 Å². The molecule has 226 valence electrons. The summed E-state index contributed by atoms with van der Waals surface area (Å²) < 4.78 is 11.3. The van der Waals surface area contributed by atoms with Crippen LogP contribution in [0, 0.1) is 28.4 Å². The molecular formula is C29H27N7O6S2. The van der Waals surface area contributed by atoms with Gasteiger partial charge in [-0.3, -0.25) is 24.6 Å². The number of ketones is 1. The number of carbonyl (C=O) groups is 2. The number of methoxy groups -OCH3 is 2. The van der Waals surface area contributed by atoms with Crippen LogP contribution in [0.5, 0.6) is 11.5 Å². The maximum atomic E-state index is 13.4. The van der Waals surface area contributed by atoms with Crippen molar-refractivity contribution in [2.45, 2.75) is 36.4 Å². The Morgan fingerprint density at radius 1 is 1.23 bits per heavy atom. The van der Waals surface area contributed by atoms with Crippen molar-refractivity contribution >= 4 is 51.3 Å². The molecule has 2 aromatic carbocycles. The second kappa shape index (κ2) is 12.7. The number of allylic oxidation sites excluding steroid dienone is 3. The molecule has 0 radical (unpaired) electrons. The third-order valence-electron chi connectivity index (χ3n) is 7.26. The van der Waals surface area contributed by atoms with E-state index in [1.165, 1.54) is 31.6 Å². The lowest BCUT2D eigenvalue weighted by molar-refractivity contribution is -0.385. The molecule has 1 aromatic heterocycles. The van der Waals surface area contributed by atoms with Crippen molar-refractivity contribution in [1.82, 2.24) is 10.2 Å². The number of nitrogens with zero attached hydrogens (tertiary/aromatic N) is 5. The highest BCUT2D eigenvalue weighted by Crippen LogP contribution is 2.48. The zero-order valence-electron chi connectivity index (χ0n) is 23.9. The van der Waals surface area contributed by atoms with Gasteiger partial charge in [0.2, 0.25) is 11.0 Å². The Morgan fingerprint density at radius 2 is 2.00 bits per heavy atom. The number of nitrogens with two attached hydrogens (primary N) is 1. The van der Waals surface area contributed by atoms with Crippen LogP contribution in [0.3, 0.4) is 0 Å². The molecule has 1 atom stereocenters. The van der Waals surface area contributed by atoms with Crippen LogP contribution < -0.4 is 25.4 Å². The highest BCUT2D eigenvalue weighted by atomic mass is 32.2. The minimum Gasteiger partial charge on any atom is -0.493 e. The van der Waals surface area contributed by atoms with Crippen molar-refractivity contribution in [1.29, 1.82) is 5.26 Å². The van der Waals surface area contributed by atoms with Gasteiger partial charge in [0.15, 0.2) is 21.6 Å². The van der Waals surface area contributed by atoms with Crippen LogP contribution >= 0.6 is 23.1 Å². The number of carbonyl (C=O) groups excluding carboxylic acids is 2. The average Bonchev–Trinajstić information content (AvgIpc) is 3.48. The van der Waals surface area contributed by atoms with Crippen molar-refractivity contribution in [3.05, 3.63) is 80.3 Å². The van der Waals surface area contributed by atoms with Crippen molar-refractivity contribution in [2.24, 2.45) is 5.73 Å². The lowest BCUT2D eigenvalue weighted by atomic mass is 9.75. The molecule has 0 saturated carbocycles. The van der Waals surface area contributed by atoms with Gasteiger partial charge in [-0.25, -0.2) is 0 Å². The number of Topliss-reactive ketones (excluding diaryl/α,β-unsaturated/α-hetero) is 1. The van der Waals surface area contributed by atoms with Crippen LogP contribution in [-0.2, 0) is 9.59 Å². The molecular weight excluding hydrogens is 606 g/mol. The predicted octanol–water partition coefficient (Wildman–Crippen LogP) is 4.81. The number of aromatic nitrogens is 2. The maximum Gasteiger partial charge on any atom is 0.274 e. The molecule has 0 bridgehead atoms. The number of benzene rings is 2. The summed E-state index contributed by atoms with van der Waals surface area (Å²) in [5.41, 5.74) is 9.35. The first-order chi connectivity index (χ1) is 21.2. The number of nitrogens with one attached hydrogen (secondary N) is 1. The van der Waals surface area contributed by atoms with Gasteiger partial charge in [-0.1, -0.05) is 35.2 Å². The third-order valence-corrected chi connectivity index (χ3v) is 9.30. The van der Waals surface area contributed by atoms with Gasteiger partial charge in [0.25, 0.3) is 5.69 Å². The van der Waals surface area contributed by atoms with Crippen LogP contribution in [-0.4, -0.2) is 46.8 Å². The summed E-state index contributed by atoms with van der Waals surface area (Å²) >= 11 is 2.30. The normalized spacial score (nSPS) is 16.4. The quantitative estimate of drug-likeness (QED) is 0.186. The van der Waals surface area contributed by atoms with Crippen LogP contribution in [0.25, 0.3) is 0 Å². The van der Waals surface area contributed by atoms with E-state index in [1.807, 2.05) is 0 Å². The number of nitro groups is 1. The molecule has 3 aromatic rings. The summed E-state index contributed by atoms with van der Waals surface area (Å²) in [5, 5.41) is 33.0. The van der Waals surface area contributed by atoms with Gasteiger partial charge in [-0.15, -0.1) is 10.2 Å². The number of anilines is 2. The Balaban J connectivity index is 1.41. The summed E-state index contributed by atoms with van der Waals surface area (Å²) in [6.07, 6.45) is 1.49. The first-order valence-corrected chi connectivity index (χ1v) is 15.2. The Morgan fingerprint density at radius 3 is 2.70 bits per heavy atom. The first kappa shape index (κ1) is 30.5. The fourth-order valence-electron chi connectivity index (χ4n) is 5.23. The minimum atomic E-state index is -0.693. The third kappa shape index (κ3) is 5.81. The number of hydrogen-bond acceptors (Lipinski definition) is 13. The molecule has 13 nitrogen and oxygen atoms in total. The number of amides is 1. The number of nitriles is 1. The Kier molecular flexibility index (Phi) is 8.83. The van der Waals surface area contributed by atoms with Crippen LogP contribution in [0.15, 0.2) is 63.4 Å². The van der Waals surface area contributed by atoms with E-state index in [1.54, 1.807) is 42.2 Å². The molecule has 44 heavy (non-hydrogen) atoms. The van der Waals surface area contributed by atoms with Gasteiger partial charge in [-0.05, 0) is 43.5 Å². The number of ether oxygens (including phenoxy) is 2. The van der Waals surface area contributed by atoms with E-state index in [2.05, 4.69) is 21.6 Å². The summed E-state index contributed by atoms with van der Waals surface area (Å²) in [6, 6.07) is 12.0. The molecule has 1 amide bonds. The van der Waals surface area contributed by atoms with Gasteiger partial charge in [0, 0.05) is 35.0 Å². The lowest BCUT2D eigenvalue weighted by Gasteiger charge is -2.38.